The Morgan fingerprint density at radius 1 is 1.47 bits per heavy atom. The second kappa shape index (κ2) is 7.31. The monoisotopic (exact) mass is 275 g/mol. The maximum absolute atomic E-state index is 4.30. The van der Waals surface area contributed by atoms with Crippen molar-refractivity contribution in [3.8, 4) is 0 Å². The first kappa shape index (κ1) is 14.9. The lowest BCUT2D eigenvalue weighted by Gasteiger charge is -2.27. The van der Waals surface area contributed by atoms with Crippen molar-refractivity contribution in [3.63, 3.8) is 0 Å². The molecule has 0 spiro atoms. The highest BCUT2D eigenvalue weighted by Gasteiger charge is 2.15. The van der Waals surface area contributed by atoms with Gasteiger partial charge < -0.3 is 10.2 Å². The van der Waals surface area contributed by atoms with Gasteiger partial charge in [-0.3, -0.25) is 0 Å². The van der Waals surface area contributed by atoms with Crippen LogP contribution in [-0.2, 0) is 6.54 Å². The molecule has 2 rings (SSSR count). The lowest BCUT2D eigenvalue weighted by Crippen LogP contribution is -2.34. The summed E-state index contributed by atoms with van der Waals surface area (Å²) in [5, 5.41) is 4.59. The van der Waals surface area contributed by atoms with Crippen molar-refractivity contribution in [1.82, 2.24) is 15.2 Å². The third kappa shape index (κ3) is 4.92. The number of halogens is 1. The number of nitrogens with zero attached hydrogens (tertiary/aromatic N) is 2. The van der Waals surface area contributed by atoms with E-state index in [1.165, 1.54) is 42.4 Å². The Morgan fingerprint density at radius 3 is 2.76 bits per heavy atom. The van der Waals surface area contributed by atoms with Crippen molar-refractivity contribution in [2.45, 2.75) is 26.3 Å². The quantitative estimate of drug-likeness (QED) is 0.914. The Bertz CT molecular complexity index is 323. The number of nitrogens with one attached hydrogen (secondary N) is 1. The van der Waals surface area contributed by atoms with Crippen molar-refractivity contribution in [1.29, 1.82) is 0 Å². The summed E-state index contributed by atoms with van der Waals surface area (Å²) in [6, 6.07) is 0. The van der Waals surface area contributed by atoms with Crippen molar-refractivity contribution in [3.05, 3.63) is 16.1 Å². The van der Waals surface area contributed by atoms with Gasteiger partial charge >= 0.3 is 0 Å². The van der Waals surface area contributed by atoms with Crippen LogP contribution in [0.1, 0.15) is 22.7 Å². The molecule has 2 heterocycles. The van der Waals surface area contributed by atoms with Crippen molar-refractivity contribution in [2.75, 3.05) is 26.7 Å². The Hall–Kier alpha value is -0.160. The van der Waals surface area contributed by atoms with E-state index in [9.17, 15) is 0 Å². The molecule has 1 aromatic heterocycles. The number of piperidine rings is 1. The molecule has 0 atom stereocenters. The molecule has 0 aromatic carbocycles. The molecule has 1 aromatic rings. The molecule has 5 heteroatoms. The summed E-state index contributed by atoms with van der Waals surface area (Å²) in [7, 11) is 2.22. The summed E-state index contributed by atoms with van der Waals surface area (Å²) in [6.07, 6.45) is 4.66. The van der Waals surface area contributed by atoms with Crippen molar-refractivity contribution in [2.24, 2.45) is 5.92 Å². The van der Waals surface area contributed by atoms with Crippen LogP contribution >= 0.6 is 23.7 Å². The van der Waals surface area contributed by atoms with E-state index in [0.29, 0.717) is 0 Å². The molecular formula is C12H22ClN3S. The van der Waals surface area contributed by atoms with Crippen LogP contribution in [0.4, 0.5) is 0 Å². The summed E-state index contributed by atoms with van der Waals surface area (Å²) >= 11 is 1.81. The molecule has 98 valence electrons. The Morgan fingerprint density at radius 2 is 2.18 bits per heavy atom. The van der Waals surface area contributed by atoms with E-state index >= 15 is 0 Å². The number of aromatic nitrogens is 1. The third-order valence-electron chi connectivity index (χ3n) is 3.12. The Labute approximate surface area is 114 Å². The molecule has 0 bridgehead atoms. The van der Waals surface area contributed by atoms with Crippen LogP contribution in [0, 0.1) is 12.8 Å². The van der Waals surface area contributed by atoms with E-state index in [-0.39, 0.29) is 12.4 Å². The lowest BCUT2D eigenvalue weighted by atomic mass is 9.98. The van der Waals surface area contributed by atoms with Gasteiger partial charge in [0.15, 0.2) is 0 Å². The van der Waals surface area contributed by atoms with E-state index < -0.39 is 0 Å². The van der Waals surface area contributed by atoms with Gasteiger partial charge in [-0.2, -0.15) is 0 Å². The molecule has 1 fully saturated rings. The van der Waals surface area contributed by atoms with E-state index in [1.807, 2.05) is 17.5 Å². The third-order valence-corrected chi connectivity index (χ3v) is 4.02. The minimum atomic E-state index is 0. The average molecular weight is 276 g/mol. The number of thiazole rings is 1. The summed E-state index contributed by atoms with van der Waals surface area (Å²) in [6.45, 7) is 6.73. The molecule has 0 unspecified atom stereocenters. The Balaban J connectivity index is 0.00000144. The topological polar surface area (TPSA) is 28.2 Å². The molecule has 1 N–H and O–H groups in total. The second-order valence-corrected chi connectivity index (χ2v) is 6.06. The zero-order valence-corrected chi connectivity index (χ0v) is 12.2. The molecule has 1 aliphatic heterocycles. The summed E-state index contributed by atoms with van der Waals surface area (Å²) in [5.41, 5.74) is 0. The van der Waals surface area contributed by atoms with Crippen LogP contribution < -0.4 is 5.32 Å². The molecule has 0 saturated carbocycles. The predicted octanol–water partition coefficient (Wildman–Crippen LogP) is 2.30. The molecule has 0 aliphatic carbocycles. The van der Waals surface area contributed by atoms with Gasteiger partial charge in [-0.15, -0.1) is 23.7 Å². The first-order chi connectivity index (χ1) is 7.74. The number of aryl methyl sites for hydroxylation is 1. The van der Waals surface area contributed by atoms with E-state index in [0.717, 1.165) is 12.5 Å². The summed E-state index contributed by atoms with van der Waals surface area (Å²) in [5.74, 6) is 0.875. The maximum atomic E-state index is 4.30. The highest BCUT2D eigenvalue weighted by atomic mass is 35.5. The molecule has 17 heavy (non-hydrogen) atoms. The summed E-state index contributed by atoms with van der Waals surface area (Å²) in [4.78, 5) is 8.12. The highest BCUT2D eigenvalue weighted by Crippen LogP contribution is 2.17. The number of hydrogen-bond acceptors (Lipinski definition) is 4. The SMILES string of the molecule is Cc1ncc(CN(C)CC2CCNCC2)s1.Cl. The molecule has 1 aliphatic rings. The predicted molar refractivity (Wildman–Crippen MR) is 76.0 cm³/mol. The van der Waals surface area contributed by atoms with Crippen LogP contribution in [0.25, 0.3) is 0 Å². The van der Waals surface area contributed by atoms with Gasteiger partial charge in [0.25, 0.3) is 0 Å². The zero-order valence-electron chi connectivity index (χ0n) is 10.6. The fraction of sp³-hybridized carbons (Fsp3) is 0.750. The van der Waals surface area contributed by atoms with Crippen LogP contribution in [-0.4, -0.2) is 36.6 Å². The zero-order chi connectivity index (χ0) is 11.4. The van der Waals surface area contributed by atoms with Crippen LogP contribution in [0.2, 0.25) is 0 Å². The Kier molecular flexibility index (Phi) is 6.41. The van der Waals surface area contributed by atoms with Gasteiger partial charge in [0, 0.05) is 24.2 Å². The van der Waals surface area contributed by atoms with Crippen LogP contribution in [0.5, 0.6) is 0 Å². The lowest BCUT2D eigenvalue weighted by molar-refractivity contribution is 0.236. The molecule has 0 radical (unpaired) electrons. The highest BCUT2D eigenvalue weighted by molar-refractivity contribution is 7.11. The van der Waals surface area contributed by atoms with E-state index in [4.69, 9.17) is 0 Å². The second-order valence-electron chi connectivity index (χ2n) is 4.74. The first-order valence-electron chi connectivity index (χ1n) is 6.04. The van der Waals surface area contributed by atoms with Crippen molar-refractivity contribution >= 4 is 23.7 Å². The smallest absolute Gasteiger partial charge is 0.0897 e. The van der Waals surface area contributed by atoms with Gasteiger partial charge in [-0.25, -0.2) is 4.98 Å². The summed E-state index contributed by atoms with van der Waals surface area (Å²) < 4.78 is 0. The number of hydrogen-bond donors (Lipinski definition) is 1. The standard InChI is InChI=1S/C12H21N3S.ClH/c1-10-14-7-12(16-10)9-15(2)8-11-3-5-13-6-4-11;/h7,11,13H,3-6,8-9H2,1-2H3;1H. The maximum Gasteiger partial charge on any atom is 0.0897 e. The average Bonchev–Trinajstić information content (AvgIpc) is 2.65. The van der Waals surface area contributed by atoms with Gasteiger partial charge in [0.1, 0.15) is 0 Å². The molecule has 0 amide bonds. The first-order valence-corrected chi connectivity index (χ1v) is 6.86. The molecule has 3 nitrogen and oxygen atoms in total. The molecular weight excluding hydrogens is 254 g/mol. The van der Waals surface area contributed by atoms with Gasteiger partial charge in [0.05, 0.1) is 5.01 Å². The fourth-order valence-electron chi connectivity index (χ4n) is 2.31. The number of rotatable bonds is 4. The van der Waals surface area contributed by atoms with Crippen LogP contribution in [0.15, 0.2) is 6.20 Å². The minimum absolute atomic E-state index is 0. The van der Waals surface area contributed by atoms with Gasteiger partial charge in [-0.05, 0) is 45.8 Å². The minimum Gasteiger partial charge on any atom is -0.317 e. The normalized spacial score (nSPS) is 17.1. The largest absolute Gasteiger partial charge is 0.317 e. The van der Waals surface area contributed by atoms with Crippen molar-refractivity contribution < 1.29 is 0 Å². The van der Waals surface area contributed by atoms with Gasteiger partial charge in [0.2, 0.25) is 0 Å². The van der Waals surface area contributed by atoms with E-state index in [2.05, 4.69) is 29.2 Å². The molecule has 1 saturated heterocycles. The van der Waals surface area contributed by atoms with Crippen LogP contribution in [0.3, 0.4) is 0 Å². The fourth-order valence-corrected chi connectivity index (χ4v) is 3.19. The van der Waals surface area contributed by atoms with Gasteiger partial charge in [-0.1, -0.05) is 0 Å². The van der Waals surface area contributed by atoms with E-state index in [1.54, 1.807) is 0 Å².